The average molecular weight is 450 g/mol. The predicted molar refractivity (Wildman–Crippen MR) is 130 cm³/mol. The van der Waals surface area contributed by atoms with E-state index in [0.29, 0.717) is 17.7 Å². The summed E-state index contributed by atoms with van der Waals surface area (Å²) >= 11 is 1.52. The minimum atomic E-state index is -0.328. The van der Waals surface area contributed by atoms with Gasteiger partial charge in [-0.3, -0.25) is 4.90 Å². The number of anilines is 1. The third-order valence-electron chi connectivity index (χ3n) is 5.24. The van der Waals surface area contributed by atoms with Gasteiger partial charge in [0, 0.05) is 56.3 Å². The number of hydrogen-bond acceptors (Lipinski definition) is 8. The van der Waals surface area contributed by atoms with E-state index in [-0.39, 0.29) is 5.97 Å². The first-order valence-corrected chi connectivity index (χ1v) is 11.6. The number of nitrogens with one attached hydrogen (secondary N) is 1. The lowest BCUT2D eigenvalue weighted by atomic mass is 10.1. The van der Waals surface area contributed by atoms with Gasteiger partial charge in [0.2, 0.25) is 5.13 Å². The number of hydrogen-bond donors (Lipinski definition) is 1. The topological polar surface area (TPSA) is 70.1 Å². The van der Waals surface area contributed by atoms with Crippen LogP contribution in [0.25, 0.3) is 11.3 Å². The number of carbonyl (C=O) groups is 1. The summed E-state index contributed by atoms with van der Waals surface area (Å²) in [5.41, 5.74) is 3.21. The van der Waals surface area contributed by atoms with Gasteiger partial charge in [-0.05, 0) is 6.07 Å². The molecule has 2 aromatic carbocycles. The smallest absolute Gasteiger partial charge is 0.338 e. The first-order valence-electron chi connectivity index (χ1n) is 10.7. The SMILES string of the molecule is CN(/N=C/c1ccccc1C(=O)OCCN1CCNCC1)c1nc(-c2ccccc2)cs1. The van der Waals surface area contributed by atoms with E-state index in [1.165, 1.54) is 11.3 Å². The van der Waals surface area contributed by atoms with E-state index < -0.39 is 0 Å². The Kier molecular flexibility index (Phi) is 7.60. The lowest BCUT2D eigenvalue weighted by Crippen LogP contribution is -2.44. The standard InChI is InChI=1S/C24H27N5O2S/c1-28(24-27-22(18-32-24)19-7-3-2-4-8-19)26-17-20-9-5-6-10-21(20)23(30)31-16-15-29-13-11-25-12-14-29/h2-10,17-18,25H,11-16H2,1H3/b26-17+. The van der Waals surface area contributed by atoms with Gasteiger partial charge >= 0.3 is 5.97 Å². The Labute approximate surface area is 192 Å². The molecule has 0 bridgehead atoms. The Morgan fingerprint density at radius 2 is 1.94 bits per heavy atom. The molecule has 8 heteroatoms. The van der Waals surface area contributed by atoms with Crippen molar-refractivity contribution in [2.75, 3.05) is 51.4 Å². The highest BCUT2D eigenvalue weighted by Gasteiger charge is 2.14. The Morgan fingerprint density at radius 1 is 1.19 bits per heavy atom. The molecule has 1 fully saturated rings. The molecule has 0 atom stereocenters. The summed E-state index contributed by atoms with van der Waals surface area (Å²) in [6.45, 7) is 5.05. The van der Waals surface area contributed by atoms with Crippen LogP contribution in [0, 0.1) is 0 Å². The maximum absolute atomic E-state index is 12.6. The van der Waals surface area contributed by atoms with Crippen LogP contribution in [0.4, 0.5) is 5.13 Å². The number of thiazole rings is 1. The van der Waals surface area contributed by atoms with Crippen molar-refractivity contribution in [1.29, 1.82) is 0 Å². The molecular formula is C24H27N5O2S. The zero-order chi connectivity index (χ0) is 22.2. The lowest BCUT2D eigenvalue weighted by Gasteiger charge is -2.26. The summed E-state index contributed by atoms with van der Waals surface area (Å²) < 4.78 is 5.53. The van der Waals surface area contributed by atoms with Crippen LogP contribution < -0.4 is 10.3 Å². The lowest BCUT2D eigenvalue weighted by molar-refractivity contribution is 0.0456. The van der Waals surface area contributed by atoms with Crippen molar-refractivity contribution in [1.82, 2.24) is 15.2 Å². The summed E-state index contributed by atoms with van der Waals surface area (Å²) in [6, 6.07) is 17.4. The molecule has 3 aromatic rings. The fourth-order valence-corrected chi connectivity index (χ4v) is 4.18. The normalized spacial score (nSPS) is 14.5. The number of aromatic nitrogens is 1. The molecule has 1 N–H and O–H groups in total. The number of ether oxygens (including phenoxy) is 1. The van der Waals surface area contributed by atoms with E-state index in [9.17, 15) is 4.79 Å². The first-order chi connectivity index (χ1) is 15.7. The van der Waals surface area contributed by atoms with Crippen molar-refractivity contribution in [2.24, 2.45) is 5.10 Å². The number of piperazine rings is 1. The Morgan fingerprint density at radius 3 is 2.75 bits per heavy atom. The fraction of sp³-hybridized carbons (Fsp3) is 0.292. The van der Waals surface area contributed by atoms with Crippen molar-refractivity contribution < 1.29 is 9.53 Å². The number of benzene rings is 2. The van der Waals surface area contributed by atoms with Crippen LogP contribution in [0.5, 0.6) is 0 Å². The molecular weight excluding hydrogens is 422 g/mol. The average Bonchev–Trinajstić information content (AvgIpc) is 3.34. The summed E-state index contributed by atoms with van der Waals surface area (Å²) in [4.78, 5) is 19.6. The Hall–Kier alpha value is -3.07. The monoisotopic (exact) mass is 449 g/mol. The van der Waals surface area contributed by atoms with E-state index >= 15 is 0 Å². The highest BCUT2D eigenvalue weighted by atomic mass is 32.1. The minimum absolute atomic E-state index is 0.328. The summed E-state index contributed by atoms with van der Waals surface area (Å²) in [7, 11) is 1.85. The summed E-state index contributed by atoms with van der Waals surface area (Å²) in [5, 5.41) is 12.3. The van der Waals surface area contributed by atoms with Gasteiger partial charge in [0.1, 0.15) is 6.61 Å². The van der Waals surface area contributed by atoms with Crippen LogP contribution in [-0.2, 0) is 4.74 Å². The van der Waals surface area contributed by atoms with Crippen molar-refractivity contribution in [2.45, 2.75) is 0 Å². The first kappa shape index (κ1) is 22.1. The molecule has 1 aliphatic heterocycles. The van der Waals surface area contributed by atoms with E-state index in [0.717, 1.165) is 49.1 Å². The Balaban J connectivity index is 1.37. The van der Waals surface area contributed by atoms with Crippen molar-refractivity contribution in [3.8, 4) is 11.3 Å². The van der Waals surface area contributed by atoms with Crippen LogP contribution in [0.2, 0.25) is 0 Å². The second kappa shape index (κ2) is 11.0. The van der Waals surface area contributed by atoms with Gasteiger partial charge in [0.25, 0.3) is 0 Å². The molecule has 0 saturated carbocycles. The van der Waals surface area contributed by atoms with Crippen LogP contribution in [0.3, 0.4) is 0 Å². The molecule has 1 aromatic heterocycles. The zero-order valence-electron chi connectivity index (χ0n) is 18.1. The molecule has 32 heavy (non-hydrogen) atoms. The van der Waals surface area contributed by atoms with Crippen molar-refractivity contribution in [3.05, 3.63) is 71.1 Å². The number of carbonyl (C=O) groups excluding carboxylic acids is 1. The third-order valence-corrected chi connectivity index (χ3v) is 6.15. The quantitative estimate of drug-likeness (QED) is 0.323. The number of rotatable bonds is 8. The molecule has 4 rings (SSSR count). The van der Waals surface area contributed by atoms with Crippen molar-refractivity contribution in [3.63, 3.8) is 0 Å². The summed E-state index contributed by atoms with van der Waals surface area (Å²) in [6.07, 6.45) is 1.68. The molecule has 0 unspecified atom stereocenters. The maximum atomic E-state index is 12.6. The van der Waals surface area contributed by atoms with Crippen LogP contribution >= 0.6 is 11.3 Å². The molecule has 166 valence electrons. The molecule has 0 radical (unpaired) electrons. The molecule has 2 heterocycles. The summed E-state index contributed by atoms with van der Waals surface area (Å²) in [5.74, 6) is -0.328. The van der Waals surface area contributed by atoms with Crippen molar-refractivity contribution >= 4 is 28.7 Å². The molecule has 0 amide bonds. The molecule has 1 aliphatic rings. The molecule has 7 nitrogen and oxygen atoms in total. The van der Waals surface area contributed by atoms with Gasteiger partial charge in [0.05, 0.1) is 17.5 Å². The minimum Gasteiger partial charge on any atom is -0.461 e. The second-order valence-electron chi connectivity index (χ2n) is 7.46. The van der Waals surface area contributed by atoms with E-state index in [4.69, 9.17) is 4.74 Å². The van der Waals surface area contributed by atoms with E-state index in [2.05, 4.69) is 20.3 Å². The highest BCUT2D eigenvalue weighted by molar-refractivity contribution is 7.14. The fourth-order valence-electron chi connectivity index (χ4n) is 3.43. The molecule has 0 spiro atoms. The number of hydrazone groups is 1. The van der Waals surface area contributed by atoms with E-state index in [1.54, 1.807) is 17.3 Å². The van der Waals surface area contributed by atoms with Gasteiger partial charge in [-0.25, -0.2) is 14.8 Å². The van der Waals surface area contributed by atoms with E-state index in [1.807, 2.05) is 61.0 Å². The Bertz CT molecular complexity index is 1050. The molecule has 1 saturated heterocycles. The predicted octanol–water partition coefficient (Wildman–Crippen LogP) is 3.34. The van der Waals surface area contributed by atoms with Crippen LogP contribution in [0.15, 0.2) is 65.1 Å². The number of nitrogens with zero attached hydrogens (tertiary/aromatic N) is 4. The van der Waals surface area contributed by atoms with Gasteiger partial charge in [0.15, 0.2) is 0 Å². The van der Waals surface area contributed by atoms with Crippen LogP contribution in [0.1, 0.15) is 15.9 Å². The maximum Gasteiger partial charge on any atom is 0.338 e. The van der Waals surface area contributed by atoms with Gasteiger partial charge < -0.3 is 10.1 Å². The third kappa shape index (κ3) is 5.79. The number of esters is 1. The second-order valence-corrected chi connectivity index (χ2v) is 8.30. The zero-order valence-corrected chi connectivity index (χ0v) is 18.9. The largest absolute Gasteiger partial charge is 0.461 e. The van der Waals surface area contributed by atoms with Crippen LogP contribution in [-0.4, -0.2) is 68.4 Å². The highest BCUT2D eigenvalue weighted by Crippen LogP contribution is 2.26. The van der Waals surface area contributed by atoms with Gasteiger partial charge in [-0.15, -0.1) is 11.3 Å². The van der Waals surface area contributed by atoms with Gasteiger partial charge in [-0.1, -0.05) is 48.5 Å². The van der Waals surface area contributed by atoms with Gasteiger partial charge in [-0.2, -0.15) is 5.10 Å². The molecule has 0 aliphatic carbocycles.